The van der Waals surface area contributed by atoms with E-state index in [9.17, 15) is 18.0 Å². The number of para-hydroxylation sites is 1. The van der Waals surface area contributed by atoms with E-state index in [-0.39, 0.29) is 5.69 Å². The maximum absolute atomic E-state index is 13.7. The Bertz CT molecular complexity index is 1120. The molecule has 3 aromatic rings. The van der Waals surface area contributed by atoms with Gasteiger partial charge in [-0.05, 0) is 49.3 Å². The van der Waals surface area contributed by atoms with Gasteiger partial charge in [-0.15, -0.1) is 11.3 Å². The second-order valence-corrected chi connectivity index (χ2v) is 9.72. The molecule has 0 aliphatic heterocycles. The number of hydrogen-bond acceptors (Lipinski definition) is 4. The minimum Gasteiger partial charge on any atom is -0.268 e. The number of hydrogen-bond donors (Lipinski definition) is 0. The van der Waals surface area contributed by atoms with Crippen molar-refractivity contribution in [3.63, 3.8) is 0 Å². The Labute approximate surface area is 175 Å². The Morgan fingerprint density at radius 2 is 1.93 bits per heavy atom. The van der Waals surface area contributed by atoms with Crippen molar-refractivity contribution in [2.45, 2.75) is 50.9 Å². The Hall–Kier alpha value is -1.80. The van der Waals surface area contributed by atoms with Crippen LogP contribution >= 0.6 is 23.1 Å². The first kappa shape index (κ1) is 20.5. The minimum absolute atomic E-state index is 0.151. The average Bonchev–Trinajstić information content (AvgIpc) is 3.04. The monoisotopic (exact) mass is 438 g/mol. The van der Waals surface area contributed by atoms with E-state index in [0.717, 1.165) is 42.2 Å². The predicted octanol–water partition coefficient (Wildman–Crippen LogP) is 6.09. The molecule has 0 fully saturated rings. The topological polar surface area (TPSA) is 34.9 Å². The fourth-order valence-electron chi connectivity index (χ4n) is 3.65. The summed E-state index contributed by atoms with van der Waals surface area (Å²) < 4.78 is 42.3. The molecule has 3 nitrogen and oxygen atoms in total. The van der Waals surface area contributed by atoms with Crippen LogP contribution in [0.5, 0.6) is 0 Å². The molecule has 0 saturated heterocycles. The SMILES string of the molecule is CC(C)CSc1nc2sc3c(c2c(=O)n1-c1ccccc1C(F)(F)F)CCCC3. The molecule has 8 heteroatoms. The highest BCUT2D eigenvalue weighted by molar-refractivity contribution is 7.99. The number of rotatable bonds is 4. The fraction of sp³-hybridized carbons (Fsp3) is 0.429. The molecule has 1 aromatic carbocycles. The minimum atomic E-state index is -4.56. The number of thiophene rings is 1. The van der Waals surface area contributed by atoms with Crippen LogP contribution in [-0.2, 0) is 19.0 Å². The van der Waals surface area contributed by atoms with Gasteiger partial charge in [-0.25, -0.2) is 4.98 Å². The van der Waals surface area contributed by atoms with Gasteiger partial charge in [0.1, 0.15) is 4.83 Å². The van der Waals surface area contributed by atoms with Crippen LogP contribution in [0.3, 0.4) is 0 Å². The van der Waals surface area contributed by atoms with Crippen molar-refractivity contribution < 1.29 is 13.2 Å². The van der Waals surface area contributed by atoms with Gasteiger partial charge in [0, 0.05) is 10.6 Å². The second kappa shape index (κ2) is 7.80. The molecule has 154 valence electrons. The third-order valence-corrected chi connectivity index (χ3v) is 7.51. The van der Waals surface area contributed by atoms with E-state index in [4.69, 9.17) is 0 Å². The number of nitrogens with zero attached hydrogens (tertiary/aromatic N) is 2. The van der Waals surface area contributed by atoms with Gasteiger partial charge in [0.15, 0.2) is 5.16 Å². The first-order valence-corrected chi connectivity index (χ1v) is 11.4. The lowest BCUT2D eigenvalue weighted by Gasteiger charge is -2.18. The quantitative estimate of drug-likeness (QED) is 0.365. The molecule has 0 amide bonds. The molecule has 0 unspecified atom stereocenters. The van der Waals surface area contributed by atoms with Crippen LogP contribution in [0.15, 0.2) is 34.2 Å². The van der Waals surface area contributed by atoms with Gasteiger partial charge in [0.05, 0.1) is 16.6 Å². The van der Waals surface area contributed by atoms with Gasteiger partial charge in [-0.1, -0.05) is 37.7 Å². The molecule has 0 bridgehead atoms. The van der Waals surface area contributed by atoms with Gasteiger partial charge in [-0.2, -0.15) is 13.2 Å². The number of aromatic nitrogens is 2. The lowest BCUT2D eigenvalue weighted by atomic mass is 9.97. The Morgan fingerprint density at radius 1 is 1.21 bits per heavy atom. The summed E-state index contributed by atoms with van der Waals surface area (Å²) in [5.74, 6) is 0.979. The highest BCUT2D eigenvalue weighted by Gasteiger charge is 2.35. The van der Waals surface area contributed by atoms with Crippen LogP contribution in [0.2, 0.25) is 0 Å². The van der Waals surface area contributed by atoms with E-state index in [1.165, 1.54) is 45.9 Å². The zero-order valence-electron chi connectivity index (χ0n) is 16.2. The summed E-state index contributed by atoms with van der Waals surface area (Å²) >= 11 is 2.85. The van der Waals surface area contributed by atoms with Crippen molar-refractivity contribution in [1.82, 2.24) is 9.55 Å². The number of fused-ring (bicyclic) bond motifs is 3. The van der Waals surface area contributed by atoms with Gasteiger partial charge < -0.3 is 0 Å². The first-order chi connectivity index (χ1) is 13.8. The number of benzene rings is 1. The van der Waals surface area contributed by atoms with Crippen LogP contribution < -0.4 is 5.56 Å². The van der Waals surface area contributed by atoms with E-state index in [0.29, 0.717) is 27.0 Å². The third kappa shape index (κ3) is 3.84. The fourth-order valence-corrected chi connectivity index (χ4v) is 5.90. The molecule has 0 saturated carbocycles. The lowest BCUT2D eigenvalue weighted by Crippen LogP contribution is -2.25. The molecule has 0 radical (unpaired) electrons. The molecule has 2 heterocycles. The van der Waals surface area contributed by atoms with Crippen LogP contribution in [0, 0.1) is 5.92 Å². The molecule has 0 spiro atoms. The highest BCUT2D eigenvalue weighted by atomic mass is 32.2. The standard InChI is InChI=1S/C21H21F3N2OS2/c1-12(2)11-28-20-25-18-17(13-7-3-6-10-16(13)29-18)19(27)26(20)15-9-5-4-8-14(15)21(22,23)24/h4-5,8-9,12H,3,6-7,10-11H2,1-2H3. The van der Waals surface area contributed by atoms with Crippen LogP contribution in [-0.4, -0.2) is 15.3 Å². The van der Waals surface area contributed by atoms with Crippen molar-refractivity contribution in [1.29, 1.82) is 0 Å². The molecule has 1 aliphatic carbocycles. The summed E-state index contributed by atoms with van der Waals surface area (Å²) in [6.07, 6.45) is -0.810. The number of halogens is 3. The van der Waals surface area contributed by atoms with Crippen molar-refractivity contribution in [3.05, 3.63) is 50.6 Å². The molecule has 29 heavy (non-hydrogen) atoms. The largest absolute Gasteiger partial charge is 0.418 e. The average molecular weight is 439 g/mol. The van der Waals surface area contributed by atoms with E-state index < -0.39 is 17.3 Å². The predicted molar refractivity (Wildman–Crippen MR) is 112 cm³/mol. The van der Waals surface area contributed by atoms with Crippen LogP contribution in [0.4, 0.5) is 13.2 Å². The zero-order valence-corrected chi connectivity index (χ0v) is 17.8. The summed E-state index contributed by atoms with van der Waals surface area (Å²) in [5.41, 5.74) is -0.384. The van der Waals surface area contributed by atoms with E-state index in [1.807, 2.05) is 13.8 Å². The van der Waals surface area contributed by atoms with E-state index in [1.54, 1.807) is 0 Å². The van der Waals surface area contributed by atoms with Crippen LogP contribution in [0.25, 0.3) is 15.9 Å². The molecule has 0 N–H and O–H groups in total. The van der Waals surface area contributed by atoms with Gasteiger partial charge in [0.25, 0.3) is 5.56 Å². The van der Waals surface area contributed by atoms with Crippen molar-refractivity contribution in [3.8, 4) is 5.69 Å². The number of alkyl halides is 3. The summed E-state index contributed by atoms with van der Waals surface area (Å²) in [5, 5.41) is 0.821. The molecule has 4 rings (SSSR count). The maximum atomic E-state index is 13.7. The third-order valence-electron chi connectivity index (χ3n) is 4.95. The van der Waals surface area contributed by atoms with Gasteiger partial charge >= 0.3 is 6.18 Å². The maximum Gasteiger partial charge on any atom is 0.418 e. The summed E-state index contributed by atoms with van der Waals surface area (Å²) in [6, 6.07) is 5.25. The molecule has 1 aliphatic rings. The Kier molecular flexibility index (Phi) is 5.50. The van der Waals surface area contributed by atoms with Gasteiger partial charge in [-0.3, -0.25) is 9.36 Å². The van der Waals surface area contributed by atoms with Gasteiger partial charge in [0.2, 0.25) is 0 Å². The highest BCUT2D eigenvalue weighted by Crippen LogP contribution is 2.38. The summed E-state index contributed by atoms with van der Waals surface area (Å²) in [4.78, 5) is 20.0. The molecular weight excluding hydrogens is 417 g/mol. The zero-order chi connectivity index (χ0) is 20.8. The number of aryl methyl sites for hydroxylation is 2. The molecule has 2 aromatic heterocycles. The van der Waals surface area contributed by atoms with Crippen molar-refractivity contribution >= 4 is 33.3 Å². The smallest absolute Gasteiger partial charge is 0.268 e. The number of thioether (sulfide) groups is 1. The second-order valence-electron chi connectivity index (χ2n) is 7.65. The normalized spacial score (nSPS) is 14.6. The Morgan fingerprint density at radius 3 is 2.66 bits per heavy atom. The summed E-state index contributed by atoms with van der Waals surface area (Å²) in [7, 11) is 0. The van der Waals surface area contributed by atoms with Crippen LogP contribution in [0.1, 0.15) is 42.7 Å². The van der Waals surface area contributed by atoms with Crippen molar-refractivity contribution in [2.75, 3.05) is 5.75 Å². The van der Waals surface area contributed by atoms with E-state index >= 15 is 0 Å². The van der Waals surface area contributed by atoms with E-state index in [2.05, 4.69) is 4.98 Å². The Balaban J connectivity index is 2.02. The summed E-state index contributed by atoms with van der Waals surface area (Å²) in [6.45, 7) is 4.06. The molecule has 0 atom stereocenters. The van der Waals surface area contributed by atoms with Crippen molar-refractivity contribution in [2.24, 2.45) is 5.92 Å². The lowest BCUT2D eigenvalue weighted by molar-refractivity contribution is -0.137. The molecular formula is C21H21F3N2OS2. The first-order valence-electron chi connectivity index (χ1n) is 9.64.